The van der Waals surface area contributed by atoms with E-state index >= 15 is 0 Å². The van der Waals surface area contributed by atoms with Gasteiger partial charge in [-0.3, -0.25) is 4.90 Å². The highest BCUT2D eigenvalue weighted by atomic mass is 19.1. The first kappa shape index (κ1) is 16.4. The molecule has 1 saturated heterocycles. The third-order valence-corrected chi connectivity index (χ3v) is 4.08. The Kier molecular flexibility index (Phi) is 5.05. The molecule has 0 aromatic heterocycles. The highest BCUT2D eigenvalue weighted by Gasteiger charge is 2.22. The second-order valence-corrected chi connectivity index (χ2v) is 5.80. The predicted octanol–water partition coefficient (Wildman–Crippen LogP) is 3.31. The maximum atomic E-state index is 13.6. The Bertz CT molecular complexity index is 701. The summed E-state index contributed by atoms with van der Waals surface area (Å²) in [7, 11) is 0. The van der Waals surface area contributed by atoms with Gasteiger partial charge in [-0.2, -0.15) is 0 Å². The van der Waals surface area contributed by atoms with Crippen LogP contribution in [0.1, 0.15) is 5.56 Å². The molecule has 126 valence electrons. The molecule has 0 radical (unpaired) electrons. The van der Waals surface area contributed by atoms with Gasteiger partial charge in [0, 0.05) is 38.8 Å². The van der Waals surface area contributed by atoms with Crippen molar-refractivity contribution >= 4 is 11.7 Å². The van der Waals surface area contributed by atoms with Crippen molar-refractivity contribution in [3.8, 4) is 0 Å². The van der Waals surface area contributed by atoms with Crippen LogP contribution in [-0.4, -0.2) is 42.0 Å². The van der Waals surface area contributed by atoms with Gasteiger partial charge in [-0.1, -0.05) is 30.3 Å². The number of hydrogen-bond acceptors (Lipinski definition) is 2. The summed E-state index contributed by atoms with van der Waals surface area (Å²) < 4.78 is 26.8. The number of halogens is 2. The molecule has 1 fully saturated rings. The highest BCUT2D eigenvalue weighted by Crippen LogP contribution is 2.16. The van der Waals surface area contributed by atoms with Gasteiger partial charge >= 0.3 is 6.03 Å². The Morgan fingerprint density at radius 2 is 1.71 bits per heavy atom. The largest absolute Gasteiger partial charge is 0.322 e. The molecule has 2 aromatic carbocycles. The minimum Gasteiger partial charge on any atom is -0.322 e. The maximum absolute atomic E-state index is 13.6. The quantitative estimate of drug-likeness (QED) is 0.936. The molecule has 1 aliphatic heterocycles. The van der Waals surface area contributed by atoms with Gasteiger partial charge in [0.2, 0.25) is 0 Å². The molecule has 2 aromatic rings. The van der Waals surface area contributed by atoms with Crippen LogP contribution in [0.5, 0.6) is 0 Å². The summed E-state index contributed by atoms with van der Waals surface area (Å²) in [6.45, 7) is 3.43. The van der Waals surface area contributed by atoms with Gasteiger partial charge in [-0.15, -0.1) is 0 Å². The van der Waals surface area contributed by atoms with Gasteiger partial charge in [0.25, 0.3) is 0 Å². The average Bonchev–Trinajstić information content (AvgIpc) is 2.60. The summed E-state index contributed by atoms with van der Waals surface area (Å²) in [5, 5.41) is 2.44. The molecule has 24 heavy (non-hydrogen) atoms. The second-order valence-electron chi connectivity index (χ2n) is 5.80. The van der Waals surface area contributed by atoms with Crippen LogP contribution < -0.4 is 5.32 Å². The van der Waals surface area contributed by atoms with E-state index in [4.69, 9.17) is 0 Å². The molecular formula is C18H19F2N3O. The maximum Gasteiger partial charge on any atom is 0.322 e. The fourth-order valence-electron chi connectivity index (χ4n) is 2.74. The van der Waals surface area contributed by atoms with E-state index in [0.717, 1.165) is 37.8 Å². The number of benzene rings is 2. The molecule has 0 bridgehead atoms. The third-order valence-electron chi connectivity index (χ3n) is 4.08. The summed E-state index contributed by atoms with van der Waals surface area (Å²) in [5.74, 6) is -1.23. The van der Waals surface area contributed by atoms with Gasteiger partial charge in [-0.05, 0) is 17.7 Å². The van der Waals surface area contributed by atoms with Crippen molar-refractivity contribution in [1.82, 2.24) is 9.80 Å². The summed E-state index contributed by atoms with van der Waals surface area (Å²) in [4.78, 5) is 16.1. The van der Waals surface area contributed by atoms with Crippen LogP contribution in [0.4, 0.5) is 19.3 Å². The number of nitrogens with one attached hydrogen (secondary N) is 1. The summed E-state index contributed by atoms with van der Waals surface area (Å²) >= 11 is 0. The lowest BCUT2D eigenvalue weighted by atomic mass is 10.2. The molecule has 3 rings (SSSR count). The Hall–Kier alpha value is -2.47. The number of amides is 2. The minimum atomic E-state index is -0.646. The van der Waals surface area contributed by atoms with Gasteiger partial charge < -0.3 is 10.2 Å². The Morgan fingerprint density at radius 1 is 1.00 bits per heavy atom. The number of nitrogens with zero attached hydrogens (tertiary/aromatic N) is 2. The minimum absolute atomic E-state index is 0.133. The lowest BCUT2D eigenvalue weighted by Crippen LogP contribution is -2.49. The summed E-state index contributed by atoms with van der Waals surface area (Å²) in [6.07, 6.45) is 0. The number of urea groups is 1. The second kappa shape index (κ2) is 7.40. The normalized spacial score (nSPS) is 15.3. The van der Waals surface area contributed by atoms with Crippen molar-refractivity contribution in [2.24, 2.45) is 0 Å². The highest BCUT2D eigenvalue weighted by molar-refractivity contribution is 5.89. The zero-order valence-electron chi connectivity index (χ0n) is 13.2. The molecule has 0 unspecified atom stereocenters. The molecule has 1 heterocycles. The van der Waals surface area contributed by atoms with Crippen LogP contribution in [0.25, 0.3) is 0 Å². The number of carbonyl (C=O) groups is 1. The van der Waals surface area contributed by atoms with E-state index in [1.54, 1.807) is 4.90 Å². The van der Waals surface area contributed by atoms with E-state index in [0.29, 0.717) is 13.1 Å². The van der Waals surface area contributed by atoms with Crippen molar-refractivity contribution in [3.05, 3.63) is 65.7 Å². The molecule has 2 amide bonds. The van der Waals surface area contributed by atoms with Crippen molar-refractivity contribution in [2.75, 3.05) is 31.5 Å². The third kappa shape index (κ3) is 4.08. The van der Waals surface area contributed by atoms with Crippen molar-refractivity contribution in [1.29, 1.82) is 0 Å². The van der Waals surface area contributed by atoms with Gasteiger partial charge in [-0.25, -0.2) is 13.6 Å². The van der Waals surface area contributed by atoms with Gasteiger partial charge in [0.05, 0.1) is 5.69 Å². The number of rotatable bonds is 3. The Labute approximate surface area is 139 Å². The van der Waals surface area contributed by atoms with Crippen LogP contribution in [0.15, 0.2) is 48.5 Å². The molecular weight excluding hydrogens is 312 g/mol. The summed E-state index contributed by atoms with van der Waals surface area (Å²) in [6, 6.07) is 12.8. The molecule has 0 aliphatic carbocycles. The molecule has 1 aliphatic rings. The van der Waals surface area contributed by atoms with Crippen LogP contribution in [0.2, 0.25) is 0 Å². The lowest BCUT2D eigenvalue weighted by Gasteiger charge is -2.34. The van der Waals surface area contributed by atoms with Crippen LogP contribution in [0.3, 0.4) is 0 Å². The van der Waals surface area contributed by atoms with Gasteiger partial charge in [0.15, 0.2) is 0 Å². The average molecular weight is 331 g/mol. The van der Waals surface area contributed by atoms with Crippen molar-refractivity contribution in [3.63, 3.8) is 0 Å². The molecule has 4 nitrogen and oxygen atoms in total. The fourth-order valence-corrected chi connectivity index (χ4v) is 2.74. The number of carbonyl (C=O) groups excluding carboxylic acids is 1. The van der Waals surface area contributed by atoms with E-state index in [9.17, 15) is 13.6 Å². The zero-order valence-corrected chi connectivity index (χ0v) is 13.2. The van der Waals surface area contributed by atoms with Gasteiger partial charge in [0.1, 0.15) is 11.6 Å². The Balaban J connectivity index is 1.52. The molecule has 0 atom stereocenters. The van der Waals surface area contributed by atoms with Crippen LogP contribution in [-0.2, 0) is 6.54 Å². The van der Waals surface area contributed by atoms with E-state index in [2.05, 4.69) is 22.3 Å². The van der Waals surface area contributed by atoms with Crippen molar-refractivity contribution < 1.29 is 13.6 Å². The van der Waals surface area contributed by atoms with E-state index in [1.807, 2.05) is 18.2 Å². The lowest BCUT2D eigenvalue weighted by molar-refractivity contribution is 0.143. The number of anilines is 1. The van der Waals surface area contributed by atoms with E-state index in [1.165, 1.54) is 5.56 Å². The Morgan fingerprint density at radius 3 is 2.42 bits per heavy atom. The monoisotopic (exact) mass is 331 g/mol. The smallest absolute Gasteiger partial charge is 0.322 e. The zero-order chi connectivity index (χ0) is 16.9. The molecule has 0 saturated carbocycles. The first-order chi connectivity index (χ1) is 11.6. The van der Waals surface area contributed by atoms with E-state index in [-0.39, 0.29) is 5.69 Å². The summed E-state index contributed by atoms with van der Waals surface area (Å²) in [5.41, 5.74) is 1.10. The fraction of sp³-hybridized carbons (Fsp3) is 0.278. The van der Waals surface area contributed by atoms with Crippen molar-refractivity contribution in [2.45, 2.75) is 6.54 Å². The number of hydrogen-bond donors (Lipinski definition) is 1. The molecule has 1 N–H and O–H groups in total. The molecule has 6 heteroatoms. The standard InChI is InChI=1S/C18H19F2N3O/c19-15-6-7-16(20)17(12-15)21-18(24)23-10-8-22(9-11-23)13-14-4-2-1-3-5-14/h1-7,12H,8-11,13H2,(H,21,24). The molecule has 0 spiro atoms. The first-order valence-electron chi connectivity index (χ1n) is 7.89. The number of piperazine rings is 1. The SMILES string of the molecule is O=C(Nc1cc(F)ccc1F)N1CCN(Cc2ccccc2)CC1. The predicted molar refractivity (Wildman–Crippen MR) is 88.7 cm³/mol. The van der Waals surface area contributed by atoms with E-state index < -0.39 is 17.7 Å². The topological polar surface area (TPSA) is 35.6 Å². The first-order valence-corrected chi connectivity index (χ1v) is 7.89. The van der Waals surface area contributed by atoms with Crippen LogP contribution in [0, 0.1) is 11.6 Å². The van der Waals surface area contributed by atoms with Crippen LogP contribution >= 0.6 is 0 Å².